The van der Waals surface area contributed by atoms with Crippen molar-refractivity contribution < 1.29 is 23.8 Å². The van der Waals surface area contributed by atoms with Crippen LogP contribution >= 0.6 is 0 Å². The van der Waals surface area contributed by atoms with Gasteiger partial charge in [0.15, 0.2) is 11.5 Å². The molecule has 2 N–H and O–H groups in total. The van der Waals surface area contributed by atoms with Crippen LogP contribution < -0.4 is 24.8 Å². The van der Waals surface area contributed by atoms with Gasteiger partial charge in [-0.2, -0.15) is 0 Å². The molecule has 0 spiro atoms. The molecule has 3 rings (SSSR count). The summed E-state index contributed by atoms with van der Waals surface area (Å²) in [7, 11) is 0. The van der Waals surface area contributed by atoms with Crippen LogP contribution in [0.3, 0.4) is 0 Å². The molecule has 0 bridgehead atoms. The van der Waals surface area contributed by atoms with E-state index in [1.54, 1.807) is 18.2 Å². The average molecular weight is 484 g/mol. The fraction of sp³-hybridized carbons (Fsp3) is 0.481. The molecule has 2 amide bonds. The van der Waals surface area contributed by atoms with E-state index in [-0.39, 0.29) is 17.9 Å². The minimum Gasteiger partial charge on any atom is -0.490 e. The molecule has 2 aromatic carbocycles. The first-order valence-corrected chi connectivity index (χ1v) is 12.5. The molecule has 190 valence electrons. The van der Waals surface area contributed by atoms with E-state index in [1.807, 2.05) is 44.2 Å². The molecule has 1 fully saturated rings. The lowest BCUT2D eigenvalue weighted by Crippen LogP contribution is -2.47. The predicted molar refractivity (Wildman–Crippen MR) is 135 cm³/mol. The van der Waals surface area contributed by atoms with Gasteiger partial charge in [0.25, 0.3) is 5.91 Å². The van der Waals surface area contributed by atoms with Crippen molar-refractivity contribution in [3.8, 4) is 17.2 Å². The molecule has 0 aromatic heterocycles. The second-order valence-electron chi connectivity index (χ2n) is 8.48. The van der Waals surface area contributed by atoms with Crippen molar-refractivity contribution in [3.05, 3.63) is 54.1 Å². The van der Waals surface area contributed by atoms with E-state index in [2.05, 4.69) is 15.5 Å². The number of hydrogen-bond acceptors (Lipinski definition) is 6. The Balaban J connectivity index is 1.47. The van der Waals surface area contributed by atoms with Gasteiger partial charge in [0.05, 0.1) is 13.2 Å². The van der Waals surface area contributed by atoms with Crippen molar-refractivity contribution in [1.29, 1.82) is 0 Å². The highest BCUT2D eigenvalue weighted by atomic mass is 16.5. The van der Waals surface area contributed by atoms with Crippen molar-refractivity contribution in [2.75, 3.05) is 46.0 Å². The summed E-state index contributed by atoms with van der Waals surface area (Å²) in [6.07, 6.45) is 2.56. The third-order valence-corrected chi connectivity index (χ3v) is 5.72. The summed E-state index contributed by atoms with van der Waals surface area (Å²) in [6, 6.07) is 14.9. The standard InChI is InChI=1S/C27H37N3O5/c1-3-14-28-26(31)20-30-15-12-22(13-16-30)29-27(32)21-10-11-24(25(19-21)33-4-2)35-18-17-34-23-8-6-5-7-9-23/h5-11,19,22H,3-4,12-18,20H2,1-2H3,(H,28,31)(H,29,32). The summed E-state index contributed by atoms with van der Waals surface area (Å²) in [5.41, 5.74) is 0.530. The van der Waals surface area contributed by atoms with Crippen molar-refractivity contribution in [3.63, 3.8) is 0 Å². The van der Waals surface area contributed by atoms with E-state index in [1.165, 1.54) is 0 Å². The number of para-hydroxylation sites is 1. The first-order chi connectivity index (χ1) is 17.1. The molecular formula is C27H37N3O5. The van der Waals surface area contributed by atoms with E-state index in [0.29, 0.717) is 50.0 Å². The lowest BCUT2D eigenvalue weighted by atomic mass is 10.0. The number of rotatable bonds is 13. The van der Waals surface area contributed by atoms with Crippen LogP contribution in [-0.2, 0) is 4.79 Å². The zero-order chi connectivity index (χ0) is 24.9. The fourth-order valence-corrected chi connectivity index (χ4v) is 3.89. The number of amides is 2. The van der Waals surface area contributed by atoms with Crippen LogP contribution in [0.2, 0.25) is 0 Å². The molecule has 0 radical (unpaired) electrons. The molecule has 0 unspecified atom stereocenters. The highest BCUT2D eigenvalue weighted by Crippen LogP contribution is 2.29. The number of nitrogens with zero attached hydrogens (tertiary/aromatic N) is 1. The summed E-state index contributed by atoms with van der Waals surface area (Å²) in [5, 5.41) is 6.03. The SMILES string of the molecule is CCCNC(=O)CN1CCC(NC(=O)c2ccc(OCCOc3ccccc3)c(OCC)c2)CC1. The van der Waals surface area contributed by atoms with Crippen LogP contribution in [-0.4, -0.2) is 68.8 Å². The summed E-state index contributed by atoms with van der Waals surface area (Å²) < 4.78 is 17.2. The van der Waals surface area contributed by atoms with Gasteiger partial charge in [-0.3, -0.25) is 14.5 Å². The Bertz CT molecular complexity index is 930. The molecule has 1 aliphatic rings. The summed E-state index contributed by atoms with van der Waals surface area (Å²) >= 11 is 0. The largest absolute Gasteiger partial charge is 0.490 e. The Kier molecular flexibility index (Phi) is 10.7. The predicted octanol–water partition coefficient (Wildman–Crippen LogP) is 3.26. The van der Waals surface area contributed by atoms with E-state index in [0.717, 1.165) is 38.1 Å². The van der Waals surface area contributed by atoms with Crippen molar-refractivity contribution >= 4 is 11.8 Å². The third kappa shape index (κ3) is 8.79. The lowest BCUT2D eigenvalue weighted by molar-refractivity contribution is -0.122. The van der Waals surface area contributed by atoms with Crippen LogP contribution in [0.1, 0.15) is 43.5 Å². The fourth-order valence-electron chi connectivity index (χ4n) is 3.89. The first-order valence-electron chi connectivity index (χ1n) is 12.5. The molecule has 35 heavy (non-hydrogen) atoms. The molecule has 8 heteroatoms. The highest BCUT2D eigenvalue weighted by molar-refractivity contribution is 5.95. The van der Waals surface area contributed by atoms with Gasteiger partial charge in [-0.15, -0.1) is 0 Å². The van der Waals surface area contributed by atoms with Crippen molar-refractivity contribution in [1.82, 2.24) is 15.5 Å². The van der Waals surface area contributed by atoms with Gasteiger partial charge in [-0.25, -0.2) is 0 Å². The maximum atomic E-state index is 12.9. The topological polar surface area (TPSA) is 89.1 Å². The molecular weight excluding hydrogens is 446 g/mol. The normalized spacial score (nSPS) is 14.2. The summed E-state index contributed by atoms with van der Waals surface area (Å²) in [4.78, 5) is 26.9. The van der Waals surface area contributed by atoms with Gasteiger partial charge < -0.3 is 24.8 Å². The molecule has 8 nitrogen and oxygen atoms in total. The second-order valence-corrected chi connectivity index (χ2v) is 8.48. The Morgan fingerprint density at radius 1 is 0.943 bits per heavy atom. The van der Waals surface area contributed by atoms with E-state index in [4.69, 9.17) is 14.2 Å². The van der Waals surface area contributed by atoms with E-state index < -0.39 is 0 Å². The summed E-state index contributed by atoms with van der Waals surface area (Å²) in [6.45, 7) is 7.84. The average Bonchev–Trinajstić information content (AvgIpc) is 2.88. The minimum atomic E-state index is -0.135. The number of benzene rings is 2. The smallest absolute Gasteiger partial charge is 0.251 e. The molecule has 0 saturated carbocycles. The number of piperidine rings is 1. The number of carbonyl (C=O) groups is 2. The van der Waals surface area contributed by atoms with Crippen LogP contribution in [0.5, 0.6) is 17.2 Å². The van der Waals surface area contributed by atoms with E-state index in [9.17, 15) is 9.59 Å². The van der Waals surface area contributed by atoms with Crippen molar-refractivity contribution in [2.45, 2.75) is 39.2 Å². The molecule has 2 aromatic rings. The Labute approximate surface area is 207 Å². The Morgan fingerprint density at radius 3 is 2.40 bits per heavy atom. The van der Waals surface area contributed by atoms with Crippen LogP contribution in [0.25, 0.3) is 0 Å². The Morgan fingerprint density at radius 2 is 1.69 bits per heavy atom. The lowest BCUT2D eigenvalue weighted by Gasteiger charge is -2.31. The van der Waals surface area contributed by atoms with Gasteiger partial charge in [0, 0.05) is 31.2 Å². The monoisotopic (exact) mass is 483 g/mol. The molecule has 1 heterocycles. The van der Waals surface area contributed by atoms with Crippen LogP contribution in [0.4, 0.5) is 0 Å². The molecule has 1 saturated heterocycles. The number of likely N-dealkylation sites (tertiary alicyclic amines) is 1. The zero-order valence-corrected chi connectivity index (χ0v) is 20.8. The molecule has 0 atom stereocenters. The zero-order valence-electron chi connectivity index (χ0n) is 20.8. The second kappa shape index (κ2) is 14.2. The molecule has 1 aliphatic heterocycles. The maximum absolute atomic E-state index is 12.9. The van der Waals surface area contributed by atoms with Gasteiger partial charge in [-0.05, 0) is 56.5 Å². The third-order valence-electron chi connectivity index (χ3n) is 5.72. The number of ether oxygens (including phenoxy) is 3. The quantitative estimate of drug-likeness (QED) is 0.425. The minimum absolute atomic E-state index is 0.0618. The van der Waals surface area contributed by atoms with Crippen molar-refractivity contribution in [2.24, 2.45) is 0 Å². The first kappa shape index (κ1) is 26.3. The van der Waals surface area contributed by atoms with Crippen LogP contribution in [0, 0.1) is 0 Å². The van der Waals surface area contributed by atoms with Gasteiger partial charge >= 0.3 is 0 Å². The maximum Gasteiger partial charge on any atom is 0.251 e. The van der Waals surface area contributed by atoms with E-state index >= 15 is 0 Å². The van der Waals surface area contributed by atoms with Gasteiger partial charge in [-0.1, -0.05) is 25.1 Å². The highest BCUT2D eigenvalue weighted by Gasteiger charge is 2.23. The number of nitrogens with one attached hydrogen (secondary N) is 2. The Hall–Kier alpha value is -3.26. The van der Waals surface area contributed by atoms with Gasteiger partial charge in [0.2, 0.25) is 5.91 Å². The molecule has 0 aliphatic carbocycles. The number of carbonyl (C=O) groups excluding carboxylic acids is 2. The summed E-state index contributed by atoms with van der Waals surface area (Å²) in [5.74, 6) is 1.83. The number of hydrogen-bond donors (Lipinski definition) is 2. The van der Waals surface area contributed by atoms with Gasteiger partial charge in [0.1, 0.15) is 19.0 Å². The van der Waals surface area contributed by atoms with Crippen LogP contribution in [0.15, 0.2) is 48.5 Å².